The summed E-state index contributed by atoms with van der Waals surface area (Å²) < 4.78 is 5.34. The number of benzene rings is 1. The van der Waals surface area contributed by atoms with Crippen LogP contribution in [-0.4, -0.2) is 17.5 Å². The van der Waals surface area contributed by atoms with Crippen molar-refractivity contribution >= 4 is 22.9 Å². The number of rotatable bonds is 5. The molecule has 0 fully saturated rings. The van der Waals surface area contributed by atoms with Gasteiger partial charge in [-0.2, -0.15) is 0 Å². The van der Waals surface area contributed by atoms with Gasteiger partial charge in [-0.3, -0.25) is 4.79 Å². The molecule has 0 aliphatic carbocycles. The lowest BCUT2D eigenvalue weighted by Crippen LogP contribution is -2.28. The molecule has 2 aromatic rings. The number of nitrogens with two attached hydrogens (primary N) is 1. The fraction of sp³-hybridized carbons (Fsp3) is 0.231. The number of anilines is 1. The van der Waals surface area contributed by atoms with Crippen LogP contribution in [0.1, 0.15) is 10.6 Å². The molecule has 0 saturated carbocycles. The van der Waals surface area contributed by atoms with Crippen LogP contribution >= 0.6 is 11.3 Å². The normalized spacial score (nSPS) is 10.2. The average molecular weight is 277 g/mol. The molecule has 5 nitrogen and oxygen atoms in total. The summed E-state index contributed by atoms with van der Waals surface area (Å²) >= 11 is 1.52. The minimum atomic E-state index is -0.171. The second-order valence-electron chi connectivity index (χ2n) is 4.00. The first-order chi connectivity index (χ1) is 9.15. The minimum Gasteiger partial charge on any atom is -0.484 e. The molecule has 1 aromatic carbocycles. The van der Waals surface area contributed by atoms with E-state index in [1.807, 2.05) is 6.92 Å². The van der Waals surface area contributed by atoms with E-state index in [1.165, 1.54) is 11.3 Å². The molecule has 0 bridgehead atoms. The molecule has 0 atom stereocenters. The van der Waals surface area contributed by atoms with Gasteiger partial charge < -0.3 is 15.8 Å². The van der Waals surface area contributed by atoms with Crippen molar-refractivity contribution in [2.75, 3.05) is 12.3 Å². The first-order valence-electron chi connectivity index (χ1n) is 5.79. The fourth-order valence-corrected chi connectivity index (χ4v) is 2.20. The Morgan fingerprint density at radius 1 is 1.53 bits per heavy atom. The van der Waals surface area contributed by atoms with Crippen LogP contribution < -0.4 is 15.8 Å². The Balaban J connectivity index is 1.77. The quantitative estimate of drug-likeness (QED) is 0.816. The molecule has 1 amide bonds. The lowest BCUT2D eigenvalue weighted by Gasteiger charge is -2.07. The highest BCUT2D eigenvalue weighted by molar-refractivity contribution is 7.09. The highest BCUT2D eigenvalue weighted by atomic mass is 32.1. The Kier molecular flexibility index (Phi) is 4.35. The zero-order chi connectivity index (χ0) is 13.7. The standard InChI is InChI=1S/C13H15N3O2S/c1-9-12(19-8-16-9)6-15-13(17)7-18-11-4-2-3-10(14)5-11/h2-5,8H,6-7,14H2,1H3,(H,15,17). The molecule has 100 valence electrons. The number of thiazole rings is 1. The number of carbonyl (C=O) groups excluding carboxylic acids is 1. The van der Waals surface area contributed by atoms with E-state index in [0.717, 1.165) is 10.6 Å². The fourth-order valence-electron chi connectivity index (χ4n) is 1.48. The molecule has 6 heteroatoms. The summed E-state index contributed by atoms with van der Waals surface area (Å²) in [6.45, 7) is 2.37. The van der Waals surface area contributed by atoms with Crippen molar-refractivity contribution in [3.05, 3.63) is 40.3 Å². The Morgan fingerprint density at radius 2 is 2.37 bits per heavy atom. The Bertz CT molecular complexity index is 569. The van der Waals surface area contributed by atoms with E-state index in [9.17, 15) is 4.79 Å². The van der Waals surface area contributed by atoms with Crippen LogP contribution in [-0.2, 0) is 11.3 Å². The SMILES string of the molecule is Cc1ncsc1CNC(=O)COc1cccc(N)c1. The largest absolute Gasteiger partial charge is 0.484 e. The molecule has 0 unspecified atom stereocenters. The van der Waals surface area contributed by atoms with Gasteiger partial charge in [0.05, 0.1) is 17.7 Å². The predicted octanol–water partition coefficient (Wildman–Crippen LogP) is 1.73. The van der Waals surface area contributed by atoms with Gasteiger partial charge in [0.1, 0.15) is 5.75 Å². The van der Waals surface area contributed by atoms with Crippen molar-refractivity contribution < 1.29 is 9.53 Å². The van der Waals surface area contributed by atoms with Gasteiger partial charge in [-0.1, -0.05) is 6.07 Å². The summed E-state index contributed by atoms with van der Waals surface area (Å²) in [5, 5.41) is 2.79. The average Bonchev–Trinajstić information content (AvgIpc) is 2.80. The number of hydrogen-bond donors (Lipinski definition) is 2. The van der Waals surface area contributed by atoms with Gasteiger partial charge in [0.25, 0.3) is 5.91 Å². The highest BCUT2D eigenvalue weighted by Crippen LogP contribution is 2.14. The van der Waals surface area contributed by atoms with E-state index in [1.54, 1.807) is 29.8 Å². The number of amides is 1. The number of aromatic nitrogens is 1. The second-order valence-corrected chi connectivity index (χ2v) is 4.94. The van der Waals surface area contributed by atoms with Gasteiger partial charge in [0.2, 0.25) is 0 Å². The van der Waals surface area contributed by atoms with Gasteiger partial charge in [-0.15, -0.1) is 11.3 Å². The van der Waals surface area contributed by atoms with Crippen LogP contribution in [0.4, 0.5) is 5.69 Å². The molecule has 19 heavy (non-hydrogen) atoms. The minimum absolute atomic E-state index is 0.0265. The summed E-state index contributed by atoms with van der Waals surface area (Å²) in [4.78, 5) is 16.8. The third kappa shape index (κ3) is 3.96. The molecular formula is C13H15N3O2S. The second kappa shape index (κ2) is 6.19. The summed E-state index contributed by atoms with van der Waals surface area (Å²) in [6, 6.07) is 6.99. The van der Waals surface area contributed by atoms with Crippen LogP contribution in [0.5, 0.6) is 5.75 Å². The van der Waals surface area contributed by atoms with Crippen molar-refractivity contribution in [1.29, 1.82) is 0 Å². The van der Waals surface area contributed by atoms with Gasteiger partial charge in [-0.25, -0.2) is 4.98 Å². The number of ether oxygens (including phenoxy) is 1. The highest BCUT2D eigenvalue weighted by Gasteiger charge is 2.06. The van der Waals surface area contributed by atoms with E-state index in [4.69, 9.17) is 10.5 Å². The summed E-state index contributed by atoms with van der Waals surface area (Å²) in [5.41, 5.74) is 8.94. The van der Waals surface area contributed by atoms with Gasteiger partial charge in [0.15, 0.2) is 6.61 Å². The number of aryl methyl sites for hydroxylation is 1. The topological polar surface area (TPSA) is 77.2 Å². The van der Waals surface area contributed by atoms with Gasteiger partial charge in [-0.05, 0) is 19.1 Å². The molecule has 0 saturated heterocycles. The van der Waals surface area contributed by atoms with Gasteiger partial charge >= 0.3 is 0 Å². The molecule has 0 radical (unpaired) electrons. The van der Waals surface area contributed by atoms with Crippen molar-refractivity contribution in [2.45, 2.75) is 13.5 Å². The zero-order valence-electron chi connectivity index (χ0n) is 10.6. The summed E-state index contributed by atoms with van der Waals surface area (Å²) in [5.74, 6) is 0.416. The Labute approximate surface area is 115 Å². The Morgan fingerprint density at radius 3 is 3.05 bits per heavy atom. The van der Waals surface area contributed by atoms with E-state index in [2.05, 4.69) is 10.3 Å². The molecular weight excluding hydrogens is 262 g/mol. The summed E-state index contributed by atoms with van der Waals surface area (Å²) in [6.07, 6.45) is 0. The van der Waals surface area contributed by atoms with Crippen LogP contribution in [0.2, 0.25) is 0 Å². The molecule has 0 aliphatic heterocycles. The predicted molar refractivity (Wildman–Crippen MR) is 75.0 cm³/mol. The maximum Gasteiger partial charge on any atom is 0.258 e. The van der Waals surface area contributed by atoms with Crippen LogP contribution in [0.15, 0.2) is 29.8 Å². The van der Waals surface area contributed by atoms with Crippen molar-refractivity contribution in [3.63, 3.8) is 0 Å². The lowest BCUT2D eigenvalue weighted by molar-refractivity contribution is -0.123. The van der Waals surface area contributed by atoms with E-state index < -0.39 is 0 Å². The number of hydrogen-bond acceptors (Lipinski definition) is 5. The van der Waals surface area contributed by atoms with Crippen molar-refractivity contribution in [1.82, 2.24) is 10.3 Å². The molecule has 3 N–H and O–H groups in total. The maximum atomic E-state index is 11.6. The third-order valence-corrected chi connectivity index (χ3v) is 3.45. The van der Waals surface area contributed by atoms with Crippen LogP contribution in [0.3, 0.4) is 0 Å². The number of nitrogens with zero attached hydrogens (tertiary/aromatic N) is 1. The zero-order valence-corrected chi connectivity index (χ0v) is 11.4. The van der Waals surface area contributed by atoms with Crippen molar-refractivity contribution in [2.24, 2.45) is 0 Å². The molecule has 1 aromatic heterocycles. The summed E-state index contributed by atoms with van der Waals surface area (Å²) in [7, 11) is 0. The number of carbonyl (C=O) groups is 1. The maximum absolute atomic E-state index is 11.6. The van der Waals surface area contributed by atoms with E-state index >= 15 is 0 Å². The molecule has 2 rings (SSSR count). The number of nitrogens with one attached hydrogen (secondary N) is 1. The van der Waals surface area contributed by atoms with Crippen molar-refractivity contribution in [3.8, 4) is 5.75 Å². The van der Waals surface area contributed by atoms with E-state index in [0.29, 0.717) is 18.0 Å². The molecule has 0 aliphatic rings. The first kappa shape index (κ1) is 13.4. The molecule has 0 spiro atoms. The smallest absolute Gasteiger partial charge is 0.258 e. The molecule has 1 heterocycles. The van der Waals surface area contributed by atoms with E-state index in [-0.39, 0.29) is 12.5 Å². The Hall–Kier alpha value is -2.08. The third-order valence-electron chi connectivity index (χ3n) is 2.52. The first-order valence-corrected chi connectivity index (χ1v) is 6.67. The monoisotopic (exact) mass is 277 g/mol. The lowest BCUT2D eigenvalue weighted by atomic mass is 10.3. The number of nitrogen functional groups attached to an aromatic ring is 1. The van der Waals surface area contributed by atoms with Crippen LogP contribution in [0, 0.1) is 6.92 Å². The van der Waals surface area contributed by atoms with Gasteiger partial charge in [0, 0.05) is 16.6 Å². The van der Waals surface area contributed by atoms with Crippen LogP contribution in [0.25, 0.3) is 0 Å².